The molecule has 144 valence electrons. The van der Waals surface area contributed by atoms with Crippen LogP contribution in [0.5, 0.6) is 0 Å². The molecule has 0 amide bonds. The van der Waals surface area contributed by atoms with E-state index in [0.717, 1.165) is 37.7 Å². The van der Waals surface area contributed by atoms with Crippen molar-refractivity contribution in [3.63, 3.8) is 0 Å². The number of benzene rings is 2. The maximum absolute atomic E-state index is 12.2. The number of unbranched alkanes of at least 4 members (excludes halogenated alkanes) is 1. The molecule has 1 aliphatic rings. The van der Waals surface area contributed by atoms with Crippen molar-refractivity contribution in [2.45, 2.75) is 37.0 Å². The first kappa shape index (κ1) is 23.4. The van der Waals surface area contributed by atoms with E-state index >= 15 is 0 Å². The van der Waals surface area contributed by atoms with Gasteiger partial charge < -0.3 is 9.90 Å². The summed E-state index contributed by atoms with van der Waals surface area (Å²) in [7, 11) is -3.50. The van der Waals surface area contributed by atoms with E-state index in [4.69, 9.17) is 11.6 Å². The first-order valence-corrected chi connectivity index (χ1v) is 10.8. The molecule has 0 saturated carbocycles. The minimum atomic E-state index is -3.50. The summed E-state index contributed by atoms with van der Waals surface area (Å²) in [4.78, 5) is 11.2. The normalized spacial score (nSPS) is 15.7. The predicted molar refractivity (Wildman–Crippen MR) is 102 cm³/mol. The average molecular weight is 430 g/mol. The Balaban J connectivity index is 0.00000280. The average Bonchev–Trinajstić information content (AvgIpc) is 3.03. The first-order chi connectivity index (χ1) is 12.8. The molecule has 0 spiro atoms. The standard InChI is InChI=1S/C20H22ClNO4S.Na/c21-18-6-8-19(9-7-18)27(25,26)22-10-2-1-3-14-11-15-4-5-16(20(23)24)13-17(15)12-14;/h4-9,13-14,22H,1-3,10-12H2,(H,23,24);/q;+1/p-1. The molecule has 5 nitrogen and oxygen atoms in total. The molecule has 0 aromatic heterocycles. The first-order valence-electron chi connectivity index (χ1n) is 8.93. The number of nitrogens with one attached hydrogen (secondary N) is 1. The molecular formula is C20H21ClNNaO4S. The summed E-state index contributed by atoms with van der Waals surface area (Å²) in [6, 6.07) is 11.3. The van der Waals surface area contributed by atoms with E-state index in [0.29, 0.717) is 17.5 Å². The number of hydrogen-bond acceptors (Lipinski definition) is 4. The smallest absolute Gasteiger partial charge is 0.545 e. The van der Waals surface area contributed by atoms with Gasteiger partial charge in [0.15, 0.2) is 0 Å². The van der Waals surface area contributed by atoms with Crippen molar-refractivity contribution in [2.24, 2.45) is 5.92 Å². The van der Waals surface area contributed by atoms with E-state index in [1.165, 1.54) is 17.7 Å². The third-order valence-electron chi connectivity index (χ3n) is 4.91. The van der Waals surface area contributed by atoms with Crippen molar-refractivity contribution in [3.05, 3.63) is 64.2 Å². The number of carboxylic acid groups (broad SMARTS) is 1. The van der Waals surface area contributed by atoms with Crippen LogP contribution < -0.4 is 39.4 Å². The number of carbonyl (C=O) groups is 1. The fourth-order valence-electron chi connectivity index (χ4n) is 3.50. The number of aromatic carboxylic acids is 1. The second-order valence-corrected chi connectivity index (χ2v) is 9.10. The Morgan fingerprint density at radius 3 is 2.43 bits per heavy atom. The molecule has 0 heterocycles. The van der Waals surface area contributed by atoms with Gasteiger partial charge in [-0.15, -0.1) is 0 Å². The largest absolute Gasteiger partial charge is 1.00 e. The molecule has 0 fully saturated rings. The maximum atomic E-state index is 12.2. The summed E-state index contributed by atoms with van der Waals surface area (Å²) in [5, 5.41) is 11.5. The van der Waals surface area contributed by atoms with Crippen LogP contribution in [0.15, 0.2) is 47.4 Å². The quantitative estimate of drug-likeness (QED) is 0.456. The van der Waals surface area contributed by atoms with Crippen LogP contribution >= 0.6 is 11.6 Å². The number of sulfonamides is 1. The Hall–Kier alpha value is -0.890. The maximum Gasteiger partial charge on any atom is 1.00 e. The van der Waals surface area contributed by atoms with E-state index < -0.39 is 16.0 Å². The number of carbonyl (C=O) groups excluding carboxylic acids is 1. The molecule has 3 rings (SSSR count). The molecule has 0 bridgehead atoms. The molecule has 28 heavy (non-hydrogen) atoms. The van der Waals surface area contributed by atoms with Crippen LogP contribution in [0.2, 0.25) is 5.02 Å². The van der Waals surface area contributed by atoms with Gasteiger partial charge in [-0.1, -0.05) is 30.2 Å². The molecule has 8 heteroatoms. The minimum Gasteiger partial charge on any atom is -0.545 e. The van der Waals surface area contributed by atoms with Crippen LogP contribution in [0.25, 0.3) is 0 Å². The van der Waals surface area contributed by atoms with Gasteiger partial charge in [0.25, 0.3) is 0 Å². The number of rotatable bonds is 8. The van der Waals surface area contributed by atoms with Gasteiger partial charge >= 0.3 is 29.6 Å². The molecule has 1 N–H and O–H groups in total. The van der Waals surface area contributed by atoms with Gasteiger partial charge in [-0.3, -0.25) is 0 Å². The van der Waals surface area contributed by atoms with Crippen molar-refractivity contribution >= 4 is 27.6 Å². The zero-order chi connectivity index (χ0) is 19.4. The molecular weight excluding hydrogens is 409 g/mol. The zero-order valence-electron chi connectivity index (χ0n) is 15.8. The van der Waals surface area contributed by atoms with E-state index in [-0.39, 0.29) is 40.0 Å². The SMILES string of the molecule is O=C([O-])c1ccc2c(c1)CC(CCCCNS(=O)(=O)c1ccc(Cl)cc1)C2.[Na+]. The van der Waals surface area contributed by atoms with Gasteiger partial charge in [0.1, 0.15) is 0 Å². The van der Waals surface area contributed by atoms with E-state index in [2.05, 4.69) is 4.72 Å². The third kappa shape index (κ3) is 6.05. The summed E-state index contributed by atoms with van der Waals surface area (Å²) < 4.78 is 27.0. The van der Waals surface area contributed by atoms with Gasteiger partial charge in [0, 0.05) is 11.6 Å². The Bertz CT molecular complexity index is 932. The number of hydrogen-bond donors (Lipinski definition) is 1. The van der Waals surface area contributed by atoms with E-state index in [1.54, 1.807) is 24.3 Å². The van der Waals surface area contributed by atoms with Gasteiger partial charge in [-0.25, -0.2) is 13.1 Å². The van der Waals surface area contributed by atoms with Crippen LogP contribution in [-0.2, 0) is 22.9 Å². The summed E-state index contributed by atoms with van der Waals surface area (Å²) in [5.41, 5.74) is 2.52. The zero-order valence-corrected chi connectivity index (χ0v) is 19.4. The van der Waals surface area contributed by atoms with E-state index in [9.17, 15) is 18.3 Å². The fourth-order valence-corrected chi connectivity index (χ4v) is 4.70. The van der Waals surface area contributed by atoms with Crippen LogP contribution in [0, 0.1) is 5.92 Å². The molecule has 0 aliphatic heterocycles. The van der Waals surface area contributed by atoms with Crippen molar-refractivity contribution < 1.29 is 47.9 Å². The van der Waals surface area contributed by atoms with Crippen LogP contribution in [0.3, 0.4) is 0 Å². The van der Waals surface area contributed by atoms with Gasteiger partial charge in [-0.05, 0) is 78.6 Å². The van der Waals surface area contributed by atoms with Crippen LogP contribution in [-0.4, -0.2) is 20.9 Å². The number of halogens is 1. The Labute approximate surface area is 192 Å². The van der Waals surface area contributed by atoms with Crippen LogP contribution in [0.4, 0.5) is 0 Å². The van der Waals surface area contributed by atoms with Gasteiger partial charge in [0.05, 0.1) is 10.9 Å². The Morgan fingerprint density at radius 2 is 1.75 bits per heavy atom. The summed E-state index contributed by atoms with van der Waals surface area (Å²) in [6.07, 6.45) is 4.46. The number of carboxylic acids is 1. The molecule has 1 atom stereocenters. The fraction of sp³-hybridized carbons (Fsp3) is 0.350. The molecule has 2 aromatic rings. The second kappa shape index (κ2) is 10.2. The van der Waals surface area contributed by atoms with Gasteiger partial charge in [0.2, 0.25) is 10.0 Å². The summed E-state index contributed by atoms with van der Waals surface area (Å²) in [5.74, 6) is -0.668. The van der Waals surface area contributed by atoms with Crippen LogP contribution in [0.1, 0.15) is 40.7 Å². The molecule has 1 aliphatic carbocycles. The summed E-state index contributed by atoms with van der Waals surface area (Å²) in [6.45, 7) is 0.388. The molecule has 0 saturated heterocycles. The topological polar surface area (TPSA) is 86.3 Å². The van der Waals surface area contributed by atoms with Crippen molar-refractivity contribution in [2.75, 3.05) is 6.54 Å². The minimum absolute atomic E-state index is 0. The van der Waals surface area contributed by atoms with Crippen molar-refractivity contribution in [1.29, 1.82) is 0 Å². The summed E-state index contributed by atoms with van der Waals surface area (Å²) >= 11 is 5.78. The Morgan fingerprint density at radius 1 is 1.07 bits per heavy atom. The predicted octanol–water partition coefficient (Wildman–Crippen LogP) is -0.429. The van der Waals surface area contributed by atoms with Crippen molar-refractivity contribution in [3.8, 4) is 0 Å². The second-order valence-electron chi connectivity index (χ2n) is 6.89. The monoisotopic (exact) mass is 429 g/mol. The van der Waals surface area contributed by atoms with Gasteiger partial charge in [-0.2, -0.15) is 0 Å². The number of fused-ring (bicyclic) bond motifs is 1. The molecule has 0 radical (unpaired) electrons. The third-order valence-corrected chi connectivity index (χ3v) is 6.64. The molecule has 1 unspecified atom stereocenters. The van der Waals surface area contributed by atoms with E-state index in [1.807, 2.05) is 6.07 Å². The molecule has 2 aromatic carbocycles. The Kier molecular flexibility index (Phi) is 8.55. The van der Waals surface area contributed by atoms with Crippen molar-refractivity contribution in [1.82, 2.24) is 4.72 Å².